The highest BCUT2D eigenvalue weighted by atomic mass is 16.6. The lowest BCUT2D eigenvalue weighted by Crippen LogP contribution is -2.43. The van der Waals surface area contributed by atoms with E-state index in [0.717, 1.165) is 23.1 Å². The number of carbonyl (C=O) groups excluding carboxylic acids is 3. The van der Waals surface area contributed by atoms with Crippen molar-refractivity contribution in [1.29, 1.82) is 0 Å². The molecule has 0 fully saturated rings. The van der Waals surface area contributed by atoms with Gasteiger partial charge in [0.1, 0.15) is 17.4 Å². The minimum Gasteiger partial charge on any atom is -0.507 e. The van der Waals surface area contributed by atoms with Crippen LogP contribution in [0.3, 0.4) is 0 Å². The number of phenols is 1. The Labute approximate surface area is 241 Å². The largest absolute Gasteiger partial charge is 0.507 e. The number of aromatic hydroxyl groups is 1. The first-order chi connectivity index (χ1) is 19.5. The van der Waals surface area contributed by atoms with Crippen LogP contribution in [-0.4, -0.2) is 54.8 Å². The van der Waals surface area contributed by atoms with Crippen molar-refractivity contribution in [1.82, 2.24) is 10.6 Å². The Balaban J connectivity index is 1.54. The van der Waals surface area contributed by atoms with Crippen molar-refractivity contribution in [3.8, 4) is 5.75 Å². The van der Waals surface area contributed by atoms with Crippen LogP contribution in [0.15, 0.2) is 72.8 Å². The maximum atomic E-state index is 12.9. The minimum absolute atomic E-state index is 0.0637. The van der Waals surface area contributed by atoms with Gasteiger partial charge in [-0.05, 0) is 68.1 Å². The van der Waals surface area contributed by atoms with E-state index in [1.54, 1.807) is 6.07 Å². The summed E-state index contributed by atoms with van der Waals surface area (Å²) in [7, 11) is 1.27. The highest BCUT2D eigenvalue weighted by Crippen LogP contribution is 2.21. The SMILES string of the molecule is COC(=O)[C@H](Cc1ccccc1)NC(=O)c1ccc(/C=C/c2ccc(CCNCC(=O)OC(C)(C)C)cc2)cc1O. The van der Waals surface area contributed by atoms with Gasteiger partial charge < -0.3 is 25.2 Å². The Morgan fingerprint density at radius 1 is 0.902 bits per heavy atom. The molecule has 41 heavy (non-hydrogen) atoms. The summed E-state index contributed by atoms with van der Waals surface area (Å²) in [5, 5.41) is 16.3. The number of hydrogen-bond donors (Lipinski definition) is 3. The van der Waals surface area contributed by atoms with E-state index >= 15 is 0 Å². The van der Waals surface area contributed by atoms with Crippen LogP contribution >= 0.6 is 0 Å². The summed E-state index contributed by atoms with van der Waals surface area (Å²) in [6, 6.07) is 21.2. The fourth-order valence-electron chi connectivity index (χ4n) is 4.05. The third-order valence-corrected chi connectivity index (χ3v) is 6.07. The second-order valence-electron chi connectivity index (χ2n) is 10.6. The third kappa shape index (κ3) is 10.6. The van der Waals surface area contributed by atoms with Crippen LogP contribution in [-0.2, 0) is 31.9 Å². The maximum Gasteiger partial charge on any atom is 0.328 e. The number of rotatable bonds is 12. The molecule has 3 N–H and O–H groups in total. The van der Waals surface area contributed by atoms with Gasteiger partial charge in [-0.1, -0.05) is 72.8 Å². The van der Waals surface area contributed by atoms with E-state index in [1.807, 2.05) is 87.5 Å². The zero-order valence-corrected chi connectivity index (χ0v) is 24.0. The van der Waals surface area contributed by atoms with Gasteiger partial charge in [0.05, 0.1) is 19.2 Å². The zero-order valence-electron chi connectivity index (χ0n) is 24.0. The molecular formula is C33H38N2O6. The number of methoxy groups -OCH3 is 1. The smallest absolute Gasteiger partial charge is 0.328 e. The Bertz CT molecular complexity index is 1340. The predicted octanol–water partition coefficient (Wildman–Crippen LogP) is 4.55. The number of hydrogen-bond acceptors (Lipinski definition) is 7. The van der Waals surface area contributed by atoms with Gasteiger partial charge in [-0.25, -0.2) is 4.79 Å². The van der Waals surface area contributed by atoms with Crippen LogP contribution in [0.25, 0.3) is 12.2 Å². The van der Waals surface area contributed by atoms with Crippen molar-refractivity contribution in [2.45, 2.75) is 45.3 Å². The van der Waals surface area contributed by atoms with Gasteiger partial charge in [-0.15, -0.1) is 0 Å². The molecule has 8 heteroatoms. The summed E-state index contributed by atoms with van der Waals surface area (Å²) < 4.78 is 10.1. The van der Waals surface area contributed by atoms with Crippen molar-refractivity contribution in [2.75, 3.05) is 20.2 Å². The minimum atomic E-state index is -0.891. The first-order valence-corrected chi connectivity index (χ1v) is 13.5. The van der Waals surface area contributed by atoms with Crippen LogP contribution < -0.4 is 10.6 Å². The molecule has 0 radical (unpaired) electrons. The van der Waals surface area contributed by atoms with Crippen molar-refractivity contribution in [3.63, 3.8) is 0 Å². The van der Waals surface area contributed by atoms with E-state index in [1.165, 1.54) is 19.2 Å². The molecule has 0 bridgehead atoms. The van der Waals surface area contributed by atoms with Crippen LogP contribution in [0.2, 0.25) is 0 Å². The van der Waals surface area contributed by atoms with Crippen LogP contribution in [0.1, 0.15) is 53.4 Å². The topological polar surface area (TPSA) is 114 Å². The molecule has 0 saturated carbocycles. The first kappa shape index (κ1) is 31.1. The molecule has 0 heterocycles. The van der Waals surface area contributed by atoms with Crippen LogP contribution in [0, 0.1) is 0 Å². The summed E-state index contributed by atoms with van der Waals surface area (Å²) in [5.74, 6) is -1.60. The van der Waals surface area contributed by atoms with Gasteiger partial charge in [-0.3, -0.25) is 9.59 Å². The highest BCUT2D eigenvalue weighted by molar-refractivity contribution is 5.99. The number of carbonyl (C=O) groups is 3. The molecule has 0 unspecified atom stereocenters. The molecule has 0 aliphatic carbocycles. The van der Waals surface area contributed by atoms with Gasteiger partial charge >= 0.3 is 11.9 Å². The summed E-state index contributed by atoms with van der Waals surface area (Å²) >= 11 is 0. The quantitative estimate of drug-likeness (QED) is 0.170. The van der Waals surface area contributed by atoms with Gasteiger partial charge in [0.2, 0.25) is 0 Å². The second-order valence-corrected chi connectivity index (χ2v) is 10.6. The summed E-state index contributed by atoms with van der Waals surface area (Å²) in [5.41, 5.74) is 3.26. The van der Waals surface area contributed by atoms with E-state index < -0.39 is 23.5 Å². The number of ether oxygens (including phenoxy) is 2. The van der Waals surface area contributed by atoms with E-state index in [-0.39, 0.29) is 30.2 Å². The lowest BCUT2D eigenvalue weighted by atomic mass is 10.0. The molecule has 0 aromatic heterocycles. The van der Waals surface area contributed by atoms with Gasteiger partial charge in [0.25, 0.3) is 5.91 Å². The fourth-order valence-corrected chi connectivity index (χ4v) is 4.05. The summed E-state index contributed by atoms with van der Waals surface area (Å²) in [4.78, 5) is 36.9. The molecule has 216 valence electrons. The average Bonchev–Trinajstić information content (AvgIpc) is 2.93. The number of esters is 2. The van der Waals surface area contributed by atoms with Crippen molar-refractivity contribution < 1.29 is 29.0 Å². The van der Waals surface area contributed by atoms with E-state index in [9.17, 15) is 19.5 Å². The standard InChI is InChI=1S/C33H38N2O6/c1-33(2,3)41-30(37)22-34-19-18-24-12-10-23(11-13-24)14-15-26-16-17-27(29(36)21-26)31(38)35-28(32(39)40-4)20-25-8-6-5-7-9-25/h5-17,21,28,34,36H,18-20,22H2,1-4H3,(H,35,38)/b15-14+/t28-/m0/s1. The normalized spacial score (nSPS) is 12.1. The molecule has 0 aliphatic heterocycles. The Morgan fingerprint density at radius 2 is 1.56 bits per heavy atom. The maximum absolute atomic E-state index is 12.9. The number of phenolic OH excluding ortho intramolecular Hbond substituents is 1. The molecule has 3 aromatic rings. The van der Waals surface area contributed by atoms with Crippen molar-refractivity contribution >= 4 is 30.0 Å². The van der Waals surface area contributed by atoms with Gasteiger partial charge in [0, 0.05) is 6.42 Å². The zero-order chi connectivity index (χ0) is 29.8. The summed E-state index contributed by atoms with van der Waals surface area (Å²) in [6.07, 6.45) is 4.78. The van der Waals surface area contributed by atoms with Crippen molar-refractivity contribution in [3.05, 3.63) is 101 Å². The molecule has 3 rings (SSSR count). The van der Waals surface area contributed by atoms with E-state index in [2.05, 4.69) is 10.6 Å². The Morgan fingerprint density at radius 3 is 2.20 bits per heavy atom. The lowest BCUT2D eigenvalue weighted by molar-refractivity contribution is -0.153. The molecule has 8 nitrogen and oxygen atoms in total. The van der Waals surface area contributed by atoms with Gasteiger partial charge in [0.15, 0.2) is 0 Å². The number of nitrogens with one attached hydrogen (secondary N) is 2. The Hall–Kier alpha value is -4.43. The van der Waals surface area contributed by atoms with E-state index in [4.69, 9.17) is 9.47 Å². The average molecular weight is 559 g/mol. The Kier molecular flexibility index (Phi) is 11.2. The molecule has 1 atom stereocenters. The molecule has 3 aromatic carbocycles. The second kappa shape index (κ2) is 14.8. The van der Waals surface area contributed by atoms with Crippen LogP contribution in [0.4, 0.5) is 0 Å². The lowest BCUT2D eigenvalue weighted by Gasteiger charge is -2.19. The number of amides is 1. The molecule has 1 amide bonds. The summed E-state index contributed by atoms with van der Waals surface area (Å²) in [6.45, 7) is 6.35. The number of benzene rings is 3. The third-order valence-electron chi connectivity index (χ3n) is 6.07. The first-order valence-electron chi connectivity index (χ1n) is 13.5. The van der Waals surface area contributed by atoms with Crippen LogP contribution in [0.5, 0.6) is 5.75 Å². The molecular weight excluding hydrogens is 520 g/mol. The molecule has 0 aliphatic rings. The fraction of sp³-hybridized carbons (Fsp3) is 0.303. The van der Waals surface area contributed by atoms with Gasteiger partial charge in [-0.2, -0.15) is 0 Å². The van der Waals surface area contributed by atoms with Crippen molar-refractivity contribution in [2.24, 2.45) is 0 Å². The molecule has 0 spiro atoms. The van der Waals surface area contributed by atoms with E-state index in [0.29, 0.717) is 12.1 Å². The predicted molar refractivity (Wildman–Crippen MR) is 159 cm³/mol. The molecule has 0 saturated heterocycles. The highest BCUT2D eigenvalue weighted by Gasteiger charge is 2.24. The monoisotopic (exact) mass is 558 g/mol.